The molecule has 3 aromatic rings. The number of thioether (sulfide) groups is 1. The van der Waals surface area contributed by atoms with E-state index in [2.05, 4.69) is 15.1 Å². The van der Waals surface area contributed by atoms with Crippen molar-refractivity contribution < 1.29 is 13.5 Å². The van der Waals surface area contributed by atoms with E-state index in [0.717, 1.165) is 6.07 Å². The molecule has 1 fully saturated rings. The second-order valence-electron chi connectivity index (χ2n) is 7.52. The molecule has 5 rings (SSSR count). The molecule has 0 bridgehead atoms. The van der Waals surface area contributed by atoms with Gasteiger partial charge in [-0.05, 0) is 30.4 Å². The number of aryl methyl sites for hydroxylation is 1. The van der Waals surface area contributed by atoms with Crippen molar-refractivity contribution in [2.45, 2.75) is 49.0 Å². The van der Waals surface area contributed by atoms with E-state index in [1.165, 1.54) is 28.6 Å². The van der Waals surface area contributed by atoms with E-state index in [9.17, 15) is 13.6 Å². The SMILES string of the molecule is CSc1nccc(O[C@H]2C[C@H](n3nc4n(c3=O)[C@H](c3cc(F)cc(F)c3)CC4)C2)n1. The molecule has 0 unspecified atom stereocenters. The van der Waals surface area contributed by atoms with Crippen molar-refractivity contribution in [1.82, 2.24) is 24.3 Å². The largest absolute Gasteiger partial charge is 0.474 e. The van der Waals surface area contributed by atoms with Crippen molar-refractivity contribution in [2.75, 3.05) is 6.26 Å². The molecule has 1 aliphatic carbocycles. The third-order valence-electron chi connectivity index (χ3n) is 5.62. The van der Waals surface area contributed by atoms with Gasteiger partial charge in [-0.3, -0.25) is 4.57 Å². The fourth-order valence-corrected chi connectivity index (χ4v) is 4.48. The van der Waals surface area contributed by atoms with E-state index in [-0.39, 0.29) is 17.8 Å². The maximum Gasteiger partial charge on any atom is 0.346 e. The lowest BCUT2D eigenvalue weighted by molar-refractivity contribution is 0.0577. The first-order valence-corrected chi connectivity index (χ1v) is 10.9. The minimum absolute atomic E-state index is 0.0452. The monoisotopic (exact) mass is 431 g/mol. The van der Waals surface area contributed by atoms with Crippen molar-refractivity contribution in [1.29, 1.82) is 0 Å². The number of ether oxygens (including phenoxy) is 1. The quantitative estimate of drug-likeness (QED) is 0.456. The van der Waals surface area contributed by atoms with Crippen molar-refractivity contribution in [3.05, 3.63) is 64.0 Å². The normalized spacial score (nSPS) is 22.6. The third-order valence-corrected chi connectivity index (χ3v) is 6.18. The van der Waals surface area contributed by atoms with Crippen LogP contribution in [0.2, 0.25) is 0 Å². The molecule has 2 aliphatic rings. The van der Waals surface area contributed by atoms with Gasteiger partial charge in [0.1, 0.15) is 23.6 Å². The van der Waals surface area contributed by atoms with Gasteiger partial charge in [-0.1, -0.05) is 11.8 Å². The van der Waals surface area contributed by atoms with Crippen LogP contribution in [0.1, 0.15) is 42.7 Å². The zero-order valence-corrected chi connectivity index (χ0v) is 17.0. The number of halogens is 2. The first-order valence-electron chi connectivity index (χ1n) is 9.71. The number of aromatic nitrogens is 5. The Hall–Kier alpha value is -2.75. The van der Waals surface area contributed by atoms with E-state index in [1.807, 2.05) is 6.26 Å². The Morgan fingerprint density at radius 1 is 1.20 bits per heavy atom. The standard InChI is InChI=1S/C20H19F2N5O2S/c1-30-19-23-5-4-18(24-19)29-15-9-14(10-15)27-20(28)26-16(2-3-17(26)25-27)11-6-12(21)8-13(22)7-11/h4-8,14-16H,2-3,9-10H2,1H3/t14-,15-,16-/m0/s1. The highest BCUT2D eigenvalue weighted by molar-refractivity contribution is 7.98. The van der Waals surface area contributed by atoms with Gasteiger partial charge < -0.3 is 4.74 Å². The predicted octanol–water partition coefficient (Wildman–Crippen LogP) is 3.15. The van der Waals surface area contributed by atoms with Crippen LogP contribution in [0.15, 0.2) is 40.4 Å². The fraction of sp³-hybridized carbons (Fsp3) is 0.400. The Kier molecular flexibility index (Phi) is 4.80. The molecule has 3 heterocycles. The van der Waals surface area contributed by atoms with Crippen LogP contribution in [0.3, 0.4) is 0 Å². The lowest BCUT2D eigenvalue weighted by atomic mass is 9.89. The average Bonchev–Trinajstić information content (AvgIpc) is 3.24. The van der Waals surface area contributed by atoms with Gasteiger partial charge >= 0.3 is 5.69 Å². The van der Waals surface area contributed by atoms with Gasteiger partial charge in [-0.15, -0.1) is 0 Å². The summed E-state index contributed by atoms with van der Waals surface area (Å²) in [7, 11) is 0. The maximum atomic E-state index is 13.7. The third kappa shape index (κ3) is 3.38. The minimum atomic E-state index is -0.646. The Morgan fingerprint density at radius 3 is 2.70 bits per heavy atom. The first kappa shape index (κ1) is 19.2. The van der Waals surface area contributed by atoms with Gasteiger partial charge in [-0.25, -0.2) is 23.2 Å². The summed E-state index contributed by atoms with van der Waals surface area (Å²) in [5.74, 6) is -0.121. The molecule has 1 aliphatic heterocycles. The van der Waals surface area contributed by atoms with E-state index in [4.69, 9.17) is 4.74 Å². The zero-order chi connectivity index (χ0) is 20.8. The van der Waals surface area contributed by atoms with Gasteiger partial charge in [-0.2, -0.15) is 10.1 Å². The minimum Gasteiger partial charge on any atom is -0.474 e. The first-order chi connectivity index (χ1) is 14.5. The fourth-order valence-electron chi connectivity index (χ4n) is 4.13. The topological polar surface area (TPSA) is 74.8 Å². The molecule has 0 saturated heterocycles. The molecule has 0 amide bonds. The lowest BCUT2D eigenvalue weighted by Gasteiger charge is -2.34. The summed E-state index contributed by atoms with van der Waals surface area (Å²) in [4.78, 5) is 21.4. The number of fused-ring (bicyclic) bond motifs is 1. The Bertz CT molecular complexity index is 1140. The number of benzene rings is 1. The van der Waals surface area contributed by atoms with Gasteiger partial charge in [0, 0.05) is 37.6 Å². The number of rotatable bonds is 5. The molecule has 2 aromatic heterocycles. The molecule has 1 saturated carbocycles. The molecular formula is C20H19F2N5O2S. The van der Waals surface area contributed by atoms with Crippen LogP contribution in [0.25, 0.3) is 0 Å². The Labute approximate surface area is 175 Å². The highest BCUT2D eigenvalue weighted by atomic mass is 32.2. The molecule has 156 valence electrons. The summed E-state index contributed by atoms with van der Waals surface area (Å²) < 4.78 is 36.2. The summed E-state index contributed by atoms with van der Waals surface area (Å²) in [5, 5.41) is 5.14. The summed E-state index contributed by atoms with van der Waals surface area (Å²) in [6.07, 6.45) is 6.00. The molecular weight excluding hydrogens is 412 g/mol. The molecule has 0 radical (unpaired) electrons. The van der Waals surface area contributed by atoms with Crippen molar-refractivity contribution in [2.24, 2.45) is 0 Å². The van der Waals surface area contributed by atoms with Crippen molar-refractivity contribution in [3.8, 4) is 5.88 Å². The summed E-state index contributed by atoms with van der Waals surface area (Å²) >= 11 is 1.44. The molecule has 30 heavy (non-hydrogen) atoms. The van der Waals surface area contributed by atoms with Crippen molar-refractivity contribution in [3.63, 3.8) is 0 Å². The van der Waals surface area contributed by atoms with E-state index < -0.39 is 17.7 Å². The molecule has 7 nitrogen and oxygen atoms in total. The van der Waals surface area contributed by atoms with E-state index in [1.54, 1.807) is 16.8 Å². The molecule has 1 atom stereocenters. The lowest BCUT2D eigenvalue weighted by Crippen LogP contribution is -2.41. The van der Waals surface area contributed by atoms with Gasteiger partial charge in [0.15, 0.2) is 5.16 Å². The molecule has 0 N–H and O–H groups in total. The highest BCUT2D eigenvalue weighted by Crippen LogP contribution is 2.36. The molecule has 10 heteroatoms. The Balaban J connectivity index is 1.32. The van der Waals surface area contributed by atoms with Gasteiger partial charge in [0.25, 0.3) is 0 Å². The summed E-state index contributed by atoms with van der Waals surface area (Å²) in [5.41, 5.74) is 0.211. The molecule has 0 spiro atoms. The van der Waals surface area contributed by atoms with E-state index >= 15 is 0 Å². The molecule has 1 aromatic carbocycles. The van der Waals surface area contributed by atoms with Gasteiger partial charge in [0.05, 0.1) is 12.1 Å². The van der Waals surface area contributed by atoms with Crippen LogP contribution in [-0.4, -0.2) is 36.7 Å². The zero-order valence-electron chi connectivity index (χ0n) is 16.2. The van der Waals surface area contributed by atoms with Crippen LogP contribution in [0, 0.1) is 11.6 Å². The number of hydrogen-bond donors (Lipinski definition) is 0. The number of hydrogen-bond acceptors (Lipinski definition) is 6. The highest BCUT2D eigenvalue weighted by Gasteiger charge is 2.38. The van der Waals surface area contributed by atoms with Gasteiger partial charge in [0.2, 0.25) is 5.88 Å². The summed E-state index contributed by atoms with van der Waals surface area (Å²) in [6.45, 7) is 0. The average molecular weight is 431 g/mol. The van der Waals surface area contributed by atoms with Crippen LogP contribution in [-0.2, 0) is 6.42 Å². The predicted molar refractivity (Wildman–Crippen MR) is 106 cm³/mol. The van der Waals surface area contributed by atoms with E-state index in [0.29, 0.717) is 48.1 Å². The second kappa shape index (κ2) is 7.50. The van der Waals surface area contributed by atoms with Crippen LogP contribution in [0.5, 0.6) is 5.88 Å². The van der Waals surface area contributed by atoms with Crippen molar-refractivity contribution >= 4 is 11.8 Å². The smallest absolute Gasteiger partial charge is 0.346 e. The van der Waals surface area contributed by atoms with Crippen LogP contribution in [0.4, 0.5) is 8.78 Å². The summed E-state index contributed by atoms with van der Waals surface area (Å²) in [6, 6.07) is 4.65. The second-order valence-corrected chi connectivity index (χ2v) is 8.29. The Morgan fingerprint density at radius 2 is 1.97 bits per heavy atom. The maximum absolute atomic E-state index is 13.7. The number of nitrogens with zero attached hydrogens (tertiary/aromatic N) is 5. The van der Waals surface area contributed by atoms with Crippen LogP contribution >= 0.6 is 11.8 Å². The van der Waals surface area contributed by atoms with Crippen LogP contribution < -0.4 is 10.4 Å².